The van der Waals surface area contributed by atoms with E-state index in [2.05, 4.69) is 5.32 Å². The number of aromatic hydroxyl groups is 1. The fourth-order valence-electron chi connectivity index (χ4n) is 2.24. The Morgan fingerprint density at radius 3 is 2.72 bits per heavy atom. The molecule has 0 bridgehead atoms. The molecule has 0 unspecified atom stereocenters. The number of phenols is 1. The first-order chi connectivity index (χ1) is 8.75. The Morgan fingerprint density at radius 2 is 2.00 bits per heavy atom. The van der Waals surface area contributed by atoms with E-state index in [1.54, 1.807) is 18.2 Å². The molecule has 0 spiro atoms. The van der Waals surface area contributed by atoms with Crippen molar-refractivity contribution in [3.05, 3.63) is 24.3 Å². The molecule has 0 atom stereocenters. The topological polar surface area (TPSA) is 58.6 Å². The van der Waals surface area contributed by atoms with Gasteiger partial charge in [-0.25, -0.2) is 0 Å². The van der Waals surface area contributed by atoms with Gasteiger partial charge in [0, 0.05) is 6.04 Å². The van der Waals surface area contributed by atoms with Gasteiger partial charge < -0.3 is 15.2 Å². The summed E-state index contributed by atoms with van der Waals surface area (Å²) in [6.07, 6.45) is 5.75. The van der Waals surface area contributed by atoms with Gasteiger partial charge in [0.15, 0.2) is 18.1 Å². The number of ether oxygens (including phenoxy) is 1. The lowest BCUT2D eigenvalue weighted by atomic mass is 9.95. The summed E-state index contributed by atoms with van der Waals surface area (Å²) in [5.41, 5.74) is 0. The minimum absolute atomic E-state index is 0.0475. The summed E-state index contributed by atoms with van der Waals surface area (Å²) in [7, 11) is 0. The van der Waals surface area contributed by atoms with Crippen LogP contribution < -0.4 is 10.1 Å². The van der Waals surface area contributed by atoms with Crippen molar-refractivity contribution in [3.8, 4) is 11.5 Å². The van der Waals surface area contributed by atoms with E-state index in [-0.39, 0.29) is 18.3 Å². The molecule has 1 aliphatic carbocycles. The Labute approximate surface area is 107 Å². The molecule has 1 amide bonds. The van der Waals surface area contributed by atoms with Gasteiger partial charge >= 0.3 is 0 Å². The van der Waals surface area contributed by atoms with Gasteiger partial charge in [-0.15, -0.1) is 0 Å². The molecule has 18 heavy (non-hydrogen) atoms. The molecule has 1 aromatic carbocycles. The number of carbonyl (C=O) groups excluding carboxylic acids is 1. The Bertz CT molecular complexity index is 400. The smallest absolute Gasteiger partial charge is 0.258 e. The highest BCUT2D eigenvalue weighted by molar-refractivity contribution is 5.77. The van der Waals surface area contributed by atoms with Crippen LogP contribution in [-0.2, 0) is 4.79 Å². The van der Waals surface area contributed by atoms with E-state index >= 15 is 0 Å². The first kappa shape index (κ1) is 12.7. The molecule has 2 N–H and O–H groups in total. The molecule has 0 heterocycles. The van der Waals surface area contributed by atoms with Crippen LogP contribution >= 0.6 is 0 Å². The monoisotopic (exact) mass is 249 g/mol. The van der Waals surface area contributed by atoms with Crippen molar-refractivity contribution >= 4 is 5.91 Å². The number of rotatable bonds is 4. The number of benzene rings is 1. The van der Waals surface area contributed by atoms with E-state index in [1.165, 1.54) is 25.3 Å². The molecule has 1 aliphatic rings. The van der Waals surface area contributed by atoms with E-state index in [0.29, 0.717) is 11.8 Å². The summed E-state index contributed by atoms with van der Waals surface area (Å²) in [5.74, 6) is 0.282. The minimum atomic E-state index is -0.120. The highest BCUT2D eigenvalue weighted by Crippen LogP contribution is 2.24. The molecule has 4 nitrogen and oxygen atoms in total. The summed E-state index contributed by atoms with van der Waals surface area (Å²) in [4.78, 5) is 11.7. The number of amides is 1. The van der Waals surface area contributed by atoms with Crippen molar-refractivity contribution in [2.24, 2.45) is 0 Å². The van der Waals surface area contributed by atoms with Gasteiger partial charge in [0.2, 0.25) is 0 Å². The van der Waals surface area contributed by atoms with Crippen LogP contribution in [-0.4, -0.2) is 23.7 Å². The van der Waals surface area contributed by atoms with Crippen LogP contribution in [0.4, 0.5) is 0 Å². The number of carbonyl (C=O) groups is 1. The van der Waals surface area contributed by atoms with Crippen molar-refractivity contribution in [2.75, 3.05) is 6.61 Å². The van der Waals surface area contributed by atoms with Gasteiger partial charge in [-0.1, -0.05) is 31.4 Å². The zero-order valence-electron chi connectivity index (χ0n) is 10.4. The third-order valence-electron chi connectivity index (χ3n) is 3.19. The maximum absolute atomic E-state index is 11.7. The molecule has 1 saturated carbocycles. The highest BCUT2D eigenvalue weighted by Gasteiger charge is 2.16. The van der Waals surface area contributed by atoms with Gasteiger partial charge in [0.05, 0.1) is 0 Å². The lowest BCUT2D eigenvalue weighted by Gasteiger charge is -2.22. The molecular weight excluding hydrogens is 230 g/mol. The third kappa shape index (κ3) is 3.65. The van der Waals surface area contributed by atoms with Crippen molar-refractivity contribution < 1.29 is 14.6 Å². The fraction of sp³-hybridized carbons (Fsp3) is 0.500. The Kier molecular flexibility index (Phi) is 4.45. The fourth-order valence-corrected chi connectivity index (χ4v) is 2.24. The second-order valence-corrected chi connectivity index (χ2v) is 4.66. The zero-order chi connectivity index (χ0) is 12.8. The molecular formula is C14H19NO3. The molecule has 0 radical (unpaired) electrons. The van der Waals surface area contributed by atoms with Crippen molar-refractivity contribution in [3.63, 3.8) is 0 Å². The maximum Gasteiger partial charge on any atom is 0.258 e. The molecule has 98 valence electrons. The predicted molar refractivity (Wildman–Crippen MR) is 68.6 cm³/mol. The molecule has 0 aromatic heterocycles. The summed E-state index contributed by atoms with van der Waals surface area (Å²) in [6, 6.07) is 6.94. The Morgan fingerprint density at radius 1 is 1.28 bits per heavy atom. The van der Waals surface area contributed by atoms with Crippen LogP contribution in [0.5, 0.6) is 11.5 Å². The predicted octanol–water partition coefficient (Wildman–Crippen LogP) is 2.22. The van der Waals surface area contributed by atoms with E-state index < -0.39 is 0 Å². The van der Waals surface area contributed by atoms with Gasteiger partial charge in [0.1, 0.15) is 0 Å². The average molecular weight is 249 g/mol. The van der Waals surface area contributed by atoms with Crippen LogP contribution in [0.2, 0.25) is 0 Å². The number of nitrogens with one attached hydrogen (secondary N) is 1. The Hall–Kier alpha value is -1.71. The molecule has 1 aromatic rings. The molecule has 1 fully saturated rings. The standard InChI is InChI=1S/C14H19NO3/c16-12-8-4-5-9-13(12)18-10-14(17)15-11-6-2-1-3-7-11/h4-5,8-9,11,16H,1-3,6-7,10H2,(H,15,17). The largest absolute Gasteiger partial charge is 0.504 e. The van der Waals surface area contributed by atoms with E-state index in [0.717, 1.165) is 12.8 Å². The highest BCUT2D eigenvalue weighted by atomic mass is 16.5. The van der Waals surface area contributed by atoms with Gasteiger partial charge in [-0.3, -0.25) is 4.79 Å². The molecule has 0 saturated heterocycles. The second-order valence-electron chi connectivity index (χ2n) is 4.66. The number of phenolic OH excluding ortho intramolecular Hbond substituents is 1. The van der Waals surface area contributed by atoms with Gasteiger partial charge in [-0.2, -0.15) is 0 Å². The summed E-state index contributed by atoms with van der Waals surface area (Å²) in [6.45, 7) is -0.0475. The van der Waals surface area contributed by atoms with Crippen LogP contribution in [0.3, 0.4) is 0 Å². The van der Waals surface area contributed by atoms with Crippen LogP contribution in [0.25, 0.3) is 0 Å². The lowest BCUT2D eigenvalue weighted by molar-refractivity contribution is -0.124. The normalized spacial score (nSPS) is 16.2. The number of para-hydroxylation sites is 2. The number of hydrogen-bond donors (Lipinski definition) is 2. The van der Waals surface area contributed by atoms with Crippen molar-refractivity contribution in [2.45, 2.75) is 38.1 Å². The summed E-state index contributed by atoms with van der Waals surface area (Å²) < 4.78 is 5.28. The second kappa shape index (κ2) is 6.28. The first-order valence-corrected chi connectivity index (χ1v) is 6.46. The van der Waals surface area contributed by atoms with Crippen molar-refractivity contribution in [1.29, 1.82) is 0 Å². The molecule has 0 aliphatic heterocycles. The quantitative estimate of drug-likeness (QED) is 0.860. The molecule has 2 rings (SSSR count). The average Bonchev–Trinajstić information content (AvgIpc) is 2.39. The van der Waals surface area contributed by atoms with Crippen molar-refractivity contribution in [1.82, 2.24) is 5.32 Å². The van der Waals surface area contributed by atoms with E-state index in [9.17, 15) is 9.90 Å². The van der Waals surface area contributed by atoms with E-state index in [4.69, 9.17) is 4.74 Å². The molecule has 4 heteroatoms. The van der Waals surface area contributed by atoms with Crippen LogP contribution in [0.1, 0.15) is 32.1 Å². The zero-order valence-corrected chi connectivity index (χ0v) is 10.4. The third-order valence-corrected chi connectivity index (χ3v) is 3.19. The van der Waals surface area contributed by atoms with Gasteiger partial charge in [-0.05, 0) is 25.0 Å². The van der Waals surface area contributed by atoms with Crippen LogP contribution in [0, 0.1) is 0 Å². The number of hydrogen-bond acceptors (Lipinski definition) is 3. The Balaban J connectivity index is 1.76. The summed E-state index contributed by atoms with van der Waals surface area (Å²) >= 11 is 0. The van der Waals surface area contributed by atoms with Crippen LogP contribution in [0.15, 0.2) is 24.3 Å². The van der Waals surface area contributed by atoms with E-state index in [1.807, 2.05) is 0 Å². The first-order valence-electron chi connectivity index (χ1n) is 6.46. The van der Waals surface area contributed by atoms with Gasteiger partial charge in [0.25, 0.3) is 5.91 Å². The lowest BCUT2D eigenvalue weighted by Crippen LogP contribution is -2.38. The SMILES string of the molecule is O=C(COc1ccccc1O)NC1CCCCC1. The minimum Gasteiger partial charge on any atom is -0.504 e. The maximum atomic E-state index is 11.7. The summed E-state index contributed by atoms with van der Waals surface area (Å²) in [5, 5.41) is 12.5.